The van der Waals surface area contributed by atoms with Gasteiger partial charge in [0.05, 0.1) is 19.0 Å². The van der Waals surface area contributed by atoms with E-state index in [-0.39, 0.29) is 11.9 Å². The SMILES string of the molecule is CCOCCC(=O)NC(C)c1cccc(-n2ccnc2)c1. The Morgan fingerprint density at radius 3 is 3.05 bits per heavy atom. The Morgan fingerprint density at radius 1 is 1.48 bits per heavy atom. The summed E-state index contributed by atoms with van der Waals surface area (Å²) in [4.78, 5) is 15.9. The quantitative estimate of drug-likeness (QED) is 0.796. The van der Waals surface area contributed by atoms with Crippen molar-refractivity contribution in [2.45, 2.75) is 26.3 Å². The van der Waals surface area contributed by atoms with Crippen LogP contribution in [-0.4, -0.2) is 28.7 Å². The van der Waals surface area contributed by atoms with Crippen molar-refractivity contribution in [3.63, 3.8) is 0 Å². The molecule has 0 aliphatic carbocycles. The second kappa shape index (κ2) is 7.59. The van der Waals surface area contributed by atoms with Gasteiger partial charge < -0.3 is 14.6 Å². The lowest BCUT2D eigenvalue weighted by molar-refractivity contribution is -0.122. The molecular weight excluding hydrogens is 266 g/mol. The molecule has 112 valence electrons. The molecule has 0 fully saturated rings. The van der Waals surface area contributed by atoms with E-state index in [1.807, 2.05) is 42.8 Å². The standard InChI is InChI=1S/C16H21N3O2/c1-3-21-10-7-16(20)18-13(2)14-5-4-6-15(11-14)19-9-8-17-12-19/h4-6,8-9,11-13H,3,7,10H2,1-2H3,(H,18,20). The highest BCUT2D eigenvalue weighted by Gasteiger charge is 2.10. The molecule has 1 atom stereocenters. The maximum Gasteiger partial charge on any atom is 0.222 e. The highest BCUT2D eigenvalue weighted by atomic mass is 16.5. The number of amides is 1. The first-order valence-corrected chi connectivity index (χ1v) is 7.16. The van der Waals surface area contributed by atoms with Gasteiger partial charge in [-0.05, 0) is 31.5 Å². The number of benzene rings is 1. The summed E-state index contributed by atoms with van der Waals surface area (Å²) >= 11 is 0. The maximum absolute atomic E-state index is 11.8. The molecule has 0 spiro atoms. The number of hydrogen-bond acceptors (Lipinski definition) is 3. The summed E-state index contributed by atoms with van der Waals surface area (Å²) < 4.78 is 7.13. The van der Waals surface area contributed by atoms with E-state index in [0.717, 1.165) is 11.3 Å². The summed E-state index contributed by atoms with van der Waals surface area (Å²) in [6.07, 6.45) is 5.78. The zero-order valence-corrected chi connectivity index (χ0v) is 12.5. The van der Waals surface area contributed by atoms with Crippen LogP contribution in [0.3, 0.4) is 0 Å². The molecule has 0 radical (unpaired) electrons. The zero-order valence-electron chi connectivity index (χ0n) is 12.5. The predicted molar refractivity (Wildman–Crippen MR) is 81.2 cm³/mol. The van der Waals surface area contributed by atoms with Crippen LogP contribution in [0.2, 0.25) is 0 Å². The highest BCUT2D eigenvalue weighted by Crippen LogP contribution is 2.16. The van der Waals surface area contributed by atoms with Crippen LogP contribution < -0.4 is 5.32 Å². The minimum atomic E-state index is -0.0393. The average Bonchev–Trinajstić information content (AvgIpc) is 3.02. The van der Waals surface area contributed by atoms with Gasteiger partial charge >= 0.3 is 0 Å². The van der Waals surface area contributed by atoms with E-state index in [1.54, 1.807) is 12.5 Å². The van der Waals surface area contributed by atoms with Crippen LogP contribution in [-0.2, 0) is 9.53 Å². The van der Waals surface area contributed by atoms with Crippen molar-refractivity contribution in [2.75, 3.05) is 13.2 Å². The van der Waals surface area contributed by atoms with Crippen LogP contribution in [0, 0.1) is 0 Å². The summed E-state index contributed by atoms with van der Waals surface area (Å²) in [7, 11) is 0. The van der Waals surface area contributed by atoms with E-state index < -0.39 is 0 Å². The number of carbonyl (C=O) groups is 1. The fourth-order valence-corrected chi connectivity index (χ4v) is 2.07. The Balaban J connectivity index is 1.98. The lowest BCUT2D eigenvalue weighted by atomic mass is 10.1. The molecule has 1 unspecified atom stereocenters. The molecular formula is C16H21N3O2. The fraction of sp³-hybridized carbons (Fsp3) is 0.375. The van der Waals surface area contributed by atoms with Crippen LogP contribution in [0.1, 0.15) is 31.9 Å². The topological polar surface area (TPSA) is 56.1 Å². The maximum atomic E-state index is 11.8. The molecule has 2 aromatic rings. The van der Waals surface area contributed by atoms with Crippen molar-refractivity contribution in [3.8, 4) is 5.69 Å². The van der Waals surface area contributed by atoms with Gasteiger partial charge in [0, 0.05) is 31.1 Å². The molecule has 1 heterocycles. The van der Waals surface area contributed by atoms with E-state index in [4.69, 9.17) is 4.74 Å². The molecule has 5 heteroatoms. The van der Waals surface area contributed by atoms with Crippen LogP contribution in [0.4, 0.5) is 0 Å². The van der Waals surface area contributed by atoms with Gasteiger partial charge in [0.2, 0.25) is 5.91 Å². The van der Waals surface area contributed by atoms with Gasteiger partial charge in [-0.1, -0.05) is 12.1 Å². The molecule has 1 N–H and O–H groups in total. The predicted octanol–water partition coefficient (Wildman–Crippen LogP) is 2.48. The Bertz CT molecular complexity index is 567. The second-order valence-corrected chi connectivity index (χ2v) is 4.80. The van der Waals surface area contributed by atoms with Crippen molar-refractivity contribution < 1.29 is 9.53 Å². The van der Waals surface area contributed by atoms with Crippen molar-refractivity contribution in [1.29, 1.82) is 0 Å². The first-order valence-electron chi connectivity index (χ1n) is 7.16. The number of imidazole rings is 1. The Hall–Kier alpha value is -2.14. The molecule has 0 saturated carbocycles. The van der Waals surface area contributed by atoms with Gasteiger partial charge in [-0.15, -0.1) is 0 Å². The number of ether oxygens (including phenoxy) is 1. The van der Waals surface area contributed by atoms with Crippen molar-refractivity contribution in [3.05, 3.63) is 48.5 Å². The Kier molecular flexibility index (Phi) is 5.51. The third-order valence-electron chi connectivity index (χ3n) is 3.23. The minimum absolute atomic E-state index is 0.00369. The lowest BCUT2D eigenvalue weighted by Crippen LogP contribution is -2.27. The molecule has 2 rings (SSSR count). The van der Waals surface area contributed by atoms with E-state index in [2.05, 4.69) is 16.4 Å². The van der Waals surface area contributed by atoms with Crippen LogP contribution in [0.15, 0.2) is 43.0 Å². The highest BCUT2D eigenvalue weighted by molar-refractivity contribution is 5.76. The molecule has 0 saturated heterocycles. The average molecular weight is 287 g/mol. The van der Waals surface area contributed by atoms with Crippen LogP contribution in [0.5, 0.6) is 0 Å². The molecule has 5 nitrogen and oxygen atoms in total. The largest absolute Gasteiger partial charge is 0.381 e. The summed E-state index contributed by atoms with van der Waals surface area (Å²) in [5.74, 6) is 0.00369. The normalized spacial score (nSPS) is 12.1. The van der Waals surface area contributed by atoms with Crippen LogP contribution in [0.25, 0.3) is 5.69 Å². The van der Waals surface area contributed by atoms with E-state index in [9.17, 15) is 4.79 Å². The molecule has 0 aliphatic heterocycles. The number of rotatable bonds is 7. The molecule has 1 aromatic heterocycles. The number of nitrogens with zero attached hydrogens (tertiary/aromatic N) is 2. The number of hydrogen-bond donors (Lipinski definition) is 1. The number of nitrogens with one attached hydrogen (secondary N) is 1. The van der Waals surface area contributed by atoms with Gasteiger partial charge in [-0.25, -0.2) is 4.98 Å². The summed E-state index contributed by atoms with van der Waals surface area (Å²) in [5.41, 5.74) is 2.09. The van der Waals surface area contributed by atoms with E-state index in [1.165, 1.54) is 0 Å². The molecule has 1 amide bonds. The van der Waals surface area contributed by atoms with Crippen molar-refractivity contribution in [1.82, 2.24) is 14.9 Å². The van der Waals surface area contributed by atoms with Gasteiger partial charge in [-0.2, -0.15) is 0 Å². The summed E-state index contributed by atoms with van der Waals surface area (Å²) in [5, 5.41) is 2.98. The molecule has 0 bridgehead atoms. The second-order valence-electron chi connectivity index (χ2n) is 4.80. The van der Waals surface area contributed by atoms with E-state index in [0.29, 0.717) is 19.6 Å². The Morgan fingerprint density at radius 2 is 2.33 bits per heavy atom. The van der Waals surface area contributed by atoms with Crippen molar-refractivity contribution in [2.24, 2.45) is 0 Å². The summed E-state index contributed by atoms with van der Waals surface area (Å²) in [6, 6.07) is 8.01. The van der Waals surface area contributed by atoms with Crippen LogP contribution >= 0.6 is 0 Å². The fourth-order valence-electron chi connectivity index (χ4n) is 2.07. The zero-order chi connectivity index (χ0) is 15.1. The minimum Gasteiger partial charge on any atom is -0.381 e. The van der Waals surface area contributed by atoms with Gasteiger partial charge in [0.15, 0.2) is 0 Å². The van der Waals surface area contributed by atoms with E-state index >= 15 is 0 Å². The number of aromatic nitrogens is 2. The monoisotopic (exact) mass is 287 g/mol. The molecule has 0 aliphatic rings. The lowest BCUT2D eigenvalue weighted by Gasteiger charge is -2.15. The van der Waals surface area contributed by atoms with Crippen molar-refractivity contribution >= 4 is 5.91 Å². The van der Waals surface area contributed by atoms with Gasteiger partial charge in [0.1, 0.15) is 0 Å². The third kappa shape index (κ3) is 4.43. The third-order valence-corrected chi connectivity index (χ3v) is 3.23. The summed E-state index contributed by atoms with van der Waals surface area (Å²) in [6.45, 7) is 4.99. The first kappa shape index (κ1) is 15.3. The molecule has 1 aromatic carbocycles. The Labute approximate surface area is 125 Å². The van der Waals surface area contributed by atoms with Gasteiger partial charge in [-0.3, -0.25) is 4.79 Å². The molecule has 21 heavy (non-hydrogen) atoms. The first-order chi connectivity index (χ1) is 10.2. The van der Waals surface area contributed by atoms with Gasteiger partial charge in [0.25, 0.3) is 0 Å². The number of carbonyl (C=O) groups excluding carboxylic acids is 1. The smallest absolute Gasteiger partial charge is 0.222 e.